The molecule has 0 unspecified atom stereocenters. The van der Waals surface area contributed by atoms with Gasteiger partial charge in [-0.05, 0) is 19.5 Å². The Morgan fingerprint density at radius 3 is 2.78 bits per heavy atom. The lowest BCUT2D eigenvalue weighted by atomic mass is 10.1. The van der Waals surface area contributed by atoms with Crippen LogP contribution in [0.15, 0.2) is 24.3 Å². The molecule has 0 saturated heterocycles. The molecule has 0 aliphatic rings. The first kappa shape index (κ1) is 14.5. The average Bonchev–Trinajstić information content (AvgIpc) is 2.37. The van der Waals surface area contributed by atoms with Crippen molar-refractivity contribution in [3.8, 4) is 5.75 Å². The summed E-state index contributed by atoms with van der Waals surface area (Å²) in [5.41, 5.74) is 0.911. The number of hydrogen-bond donors (Lipinski definition) is 2. The minimum Gasteiger partial charge on any atom is -0.496 e. The van der Waals surface area contributed by atoms with E-state index < -0.39 is 0 Å². The molecule has 1 atom stereocenters. The van der Waals surface area contributed by atoms with Gasteiger partial charge in [-0.2, -0.15) is 0 Å². The molecule has 0 aliphatic heterocycles. The zero-order valence-electron chi connectivity index (χ0n) is 11.3. The number of rotatable bonds is 7. The van der Waals surface area contributed by atoms with Crippen LogP contribution in [0.2, 0.25) is 0 Å². The zero-order chi connectivity index (χ0) is 13.4. The summed E-state index contributed by atoms with van der Waals surface area (Å²) in [6, 6.07) is 7.87. The number of nitrogens with one attached hydrogen (secondary N) is 2. The van der Waals surface area contributed by atoms with Gasteiger partial charge in [0.2, 0.25) is 5.91 Å². The van der Waals surface area contributed by atoms with Crippen LogP contribution in [0.1, 0.15) is 19.4 Å². The highest BCUT2D eigenvalue weighted by molar-refractivity contribution is 5.79. The third-order valence-electron chi connectivity index (χ3n) is 2.70. The van der Waals surface area contributed by atoms with E-state index in [0.717, 1.165) is 17.9 Å². The number of para-hydroxylation sites is 1. The lowest BCUT2D eigenvalue weighted by molar-refractivity contribution is -0.120. The normalized spacial score (nSPS) is 11.9. The van der Waals surface area contributed by atoms with Gasteiger partial charge in [-0.15, -0.1) is 0 Å². The van der Waals surface area contributed by atoms with E-state index in [1.807, 2.05) is 38.1 Å². The van der Waals surface area contributed by atoms with E-state index in [-0.39, 0.29) is 11.9 Å². The number of ether oxygens (including phenoxy) is 1. The number of carbonyl (C=O) groups excluding carboxylic acids is 1. The summed E-state index contributed by atoms with van der Waals surface area (Å²) < 4.78 is 5.22. The molecule has 0 aliphatic carbocycles. The summed E-state index contributed by atoms with van der Waals surface area (Å²) in [5, 5.41) is 6.16. The molecule has 18 heavy (non-hydrogen) atoms. The molecule has 0 bridgehead atoms. The van der Waals surface area contributed by atoms with Crippen LogP contribution in [-0.2, 0) is 11.2 Å². The van der Waals surface area contributed by atoms with Gasteiger partial charge in [0.1, 0.15) is 5.75 Å². The highest BCUT2D eigenvalue weighted by Crippen LogP contribution is 2.17. The van der Waals surface area contributed by atoms with E-state index in [1.165, 1.54) is 0 Å². The molecule has 0 radical (unpaired) electrons. The number of carbonyl (C=O) groups is 1. The second kappa shape index (κ2) is 7.71. The van der Waals surface area contributed by atoms with Crippen molar-refractivity contribution in [2.24, 2.45) is 0 Å². The van der Waals surface area contributed by atoms with Crippen LogP contribution < -0.4 is 15.4 Å². The predicted octanol–water partition coefficient (Wildman–Crippen LogP) is 1.35. The van der Waals surface area contributed by atoms with Gasteiger partial charge in [-0.1, -0.05) is 25.1 Å². The van der Waals surface area contributed by atoms with Gasteiger partial charge in [-0.3, -0.25) is 4.79 Å². The number of likely N-dealkylation sites (N-methyl/N-ethyl adjacent to an activating group) is 1. The van der Waals surface area contributed by atoms with E-state index >= 15 is 0 Å². The Labute approximate surface area is 109 Å². The minimum absolute atomic E-state index is 0.0178. The van der Waals surface area contributed by atoms with Crippen molar-refractivity contribution in [3.63, 3.8) is 0 Å². The van der Waals surface area contributed by atoms with E-state index in [0.29, 0.717) is 13.0 Å². The van der Waals surface area contributed by atoms with Crippen LogP contribution in [-0.4, -0.2) is 32.1 Å². The molecule has 0 saturated carbocycles. The number of benzene rings is 1. The maximum absolute atomic E-state index is 11.8. The Hall–Kier alpha value is -1.55. The van der Waals surface area contributed by atoms with Gasteiger partial charge in [0.25, 0.3) is 0 Å². The van der Waals surface area contributed by atoms with Gasteiger partial charge >= 0.3 is 0 Å². The maximum atomic E-state index is 11.8. The predicted molar refractivity (Wildman–Crippen MR) is 72.8 cm³/mol. The molecule has 1 aromatic rings. The summed E-state index contributed by atoms with van der Waals surface area (Å²) in [6.45, 7) is 5.64. The van der Waals surface area contributed by atoms with Gasteiger partial charge in [0.05, 0.1) is 13.5 Å². The molecule has 100 valence electrons. The molecule has 0 aromatic heterocycles. The summed E-state index contributed by atoms with van der Waals surface area (Å²) >= 11 is 0. The molecule has 0 spiro atoms. The molecular weight excluding hydrogens is 228 g/mol. The first-order valence-corrected chi connectivity index (χ1v) is 6.29. The Morgan fingerprint density at radius 2 is 2.11 bits per heavy atom. The van der Waals surface area contributed by atoms with Crippen LogP contribution >= 0.6 is 0 Å². The Bertz CT molecular complexity index is 380. The molecular formula is C14H22N2O2. The SMILES string of the molecule is CCN[C@H](C)CNC(=O)Cc1ccccc1OC. The second-order valence-corrected chi connectivity index (χ2v) is 4.25. The molecule has 1 amide bonds. The fraction of sp³-hybridized carbons (Fsp3) is 0.500. The summed E-state index contributed by atoms with van der Waals surface area (Å²) in [6.07, 6.45) is 0.350. The number of amides is 1. The highest BCUT2D eigenvalue weighted by Gasteiger charge is 2.08. The first-order chi connectivity index (χ1) is 8.67. The fourth-order valence-corrected chi connectivity index (χ4v) is 1.77. The van der Waals surface area contributed by atoms with Crippen molar-refractivity contribution >= 4 is 5.91 Å². The molecule has 0 heterocycles. The summed E-state index contributed by atoms with van der Waals surface area (Å²) in [5.74, 6) is 0.775. The van der Waals surface area contributed by atoms with E-state index in [2.05, 4.69) is 10.6 Å². The molecule has 2 N–H and O–H groups in total. The first-order valence-electron chi connectivity index (χ1n) is 6.29. The van der Waals surface area contributed by atoms with Crippen molar-refractivity contribution in [1.82, 2.24) is 10.6 Å². The van der Waals surface area contributed by atoms with Gasteiger partial charge in [-0.25, -0.2) is 0 Å². The molecule has 0 fully saturated rings. The van der Waals surface area contributed by atoms with E-state index in [1.54, 1.807) is 7.11 Å². The van der Waals surface area contributed by atoms with Crippen molar-refractivity contribution in [2.45, 2.75) is 26.3 Å². The molecule has 1 rings (SSSR count). The topological polar surface area (TPSA) is 50.4 Å². The molecule has 4 nitrogen and oxygen atoms in total. The van der Waals surface area contributed by atoms with Crippen LogP contribution in [0.5, 0.6) is 5.75 Å². The van der Waals surface area contributed by atoms with E-state index in [4.69, 9.17) is 4.74 Å². The molecule has 4 heteroatoms. The van der Waals surface area contributed by atoms with Crippen LogP contribution in [0.3, 0.4) is 0 Å². The van der Waals surface area contributed by atoms with Crippen LogP contribution in [0, 0.1) is 0 Å². The number of hydrogen-bond acceptors (Lipinski definition) is 3. The smallest absolute Gasteiger partial charge is 0.224 e. The van der Waals surface area contributed by atoms with E-state index in [9.17, 15) is 4.79 Å². The summed E-state index contributed by atoms with van der Waals surface area (Å²) in [4.78, 5) is 11.8. The van der Waals surface area contributed by atoms with Crippen LogP contribution in [0.4, 0.5) is 0 Å². The van der Waals surface area contributed by atoms with Crippen molar-refractivity contribution < 1.29 is 9.53 Å². The monoisotopic (exact) mass is 250 g/mol. The van der Waals surface area contributed by atoms with Crippen LogP contribution in [0.25, 0.3) is 0 Å². The lowest BCUT2D eigenvalue weighted by Crippen LogP contribution is -2.39. The standard InChI is InChI=1S/C14H22N2O2/c1-4-15-11(2)10-16-14(17)9-12-7-5-6-8-13(12)18-3/h5-8,11,15H,4,9-10H2,1-3H3,(H,16,17)/t11-/m1/s1. The van der Waals surface area contributed by atoms with Crippen molar-refractivity contribution in [2.75, 3.05) is 20.2 Å². The van der Waals surface area contributed by atoms with Crippen molar-refractivity contribution in [1.29, 1.82) is 0 Å². The zero-order valence-corrected chi connectivity index (χ0v) is 11.3. The average molecular weight is 250 g/mol. The largest absolute Gasteiger partial charge is 0.496 e. The fourth-order valence-electron chi connectivity index (χ4n) is 1.77. The second-order valence-electron chi connectivity index (χ2n) is 4.25. The minimum atomic E-state index is 0.0178. The third kappa shape index (κ3) is 4.75. The Morgan fingerprint density at radius 1 is 1.39 bits per heavy atom. The molecule has 1 aromatic carbocycles. The van der Waals surface area contributed by atoms with Crippen molar-refractivity contribution in [3.05, 3.63) is 29.8 Å². The summed E-state index contributed by atoms with van der Waals surface area (Å²) in [7, 11) is 1.62. The van der Waals surface area contributed by atoms with Gasteiger partial charge < -0.3 is 15.4 Å². The third-order valence-corrected chi connectivity index (χ3v) is 2.70. The lowest BCUT2D eigenvalue weighted by Gasteiger charge is -2.13. The van der Waals surface area contributed by atoms with Gasteiger partial charge in [0.15, 0.2) is 0 Å². The highest BCUT2D eigenvalue weighted by atomic mass is 16.5. The Kier molecular flexibility index (Phi) is 6.22. The Balaban J connectivity index is 2.44. The van der Waals surface area contributed by atoms with Gasteiger partial charge in [0, 0.05) is 18.2 Å². The number of methoxy groups -OCH3 is 1. The maximum Gasteiger partial charge on any atom is 0.224 e. The quantitative estimate of drug-likeness (QED) is 0.768.